The molecule has 0 atom stereocenters. The molecule has 2 rings (SSSR count). The molecule has 0 N–H and O–H groups in total. The number of nitro benzene ring substituents is 1. The summed E-state index contributed by atoms with van der Waals surface area (Å²) < 4.78 is 11.0. The smallest absolute Gasteiger partial charge is 0.315 e. The van der Waals surface area contributed by atoms with Crippen molar-refractivity contribution < 1.29 is 19.2 Å². The lowest BCUT2D eigenvalue weighted by Gasteiger charge is -2.27. The normalized spacial score (nSPS) is 16.4. The monoisotopic (exact) mass is 390 g/mol. The van der Waals surface area contributed by atoms with Gasteiger partial charge in [-0.15, -0.1) is 0 Å². The third kappa shape index (κ3) is 5.79. The maximum Gasteiger partial charge on any atom is 0.315 e. The number of nitro groups is 1. The van der Waals surface area contributed by atoms with Gasteiger partial charge in [0.1, 0.15) is 0 Å². The number of benzene rings is 1. The first kappa shape index (κ1) is 21.9. The number of hydrogen-bond donors (Lipinski definition) is 0. The van der Waals surface area contributed by atoms with Crippen LogP contribution in [-0.4, -0.2) is 49.0 Å². The Hall–Kier alpha value is -2.41. The lowest BCUT2D eigenvalue weighted by atomic mass is 9.99. The van der Waals surface area contributed by atoms with Gasteiger partial charge < -0.3 is 9.47 Å². The SMILES string of the molecule is CCCCCOc1c(OC)cc(/C=C2\CN(CCC)CCC2=O)cc1[N+](=O)[O-]. The fourth-order valence-corrected chi connectivity index (χ4v) is 3.31. The molecule has 7 nitrogen and oxygen atoms in total. The molecule has 1 aliphatic rings. The molecule has 1 heterocycles. The molecule has 1 saturated heterocycles. The molecule has 154 valence electrons. The number of carbonyl (C=O) groups is 1. The highest BCUT2D eigenvalue weighted by Gasteiger charge is 2.24. The fourth-order valence-electron chi connectivity index (χ4n) is 3.31. The summed E-state index contributed by atoms with van der Waals surface area (Å²) in [4.78, 5) is 25.7. The summed E-state index contributed by atoms with van der Waals surface area (Å²) in [5.41, 5.74) is 1.11. The van der Waals surface area contributed by atoms with Crippen LogP contribution in [0.1, 0.15) is 51.5 Å². The zero-order valence-electron chi connectivity index (χ0n) is 17.0. The molecule has 0 aliphatic carbocycles. The summed E-state index contributed by atoms with van der Waals surface area (Å²) in [6.45, 7) is 6.84. The summed E-state index contributed by atoms with van der Waals surface area (Å²) in [5, 5.41) is 11.6. The first-order chi connectivity index (χ1) is 13.5. The van der Waals surface area contributed by atoms with Crippen molar-refractivity contribution in [1.29, 1.82) is 0 Å². The lowest BCUT2D eigenvalue weighted by Crippen LogP contribution is -2.36. The van der Waals surface area contributed by atoms with E-state index in [0.717, 1.165) is 38.8 Å². The van der Waals surface area contributed by atoms with Crippen LogP contribution < -0.4 is 9.47 Å². The fraction of sp³-hybridized carbons (Fsp3) is 0.571. The Balaban J connectivity index is 2.33. The largest absolute Gasteiger partial charge is 0.493 e. The number of rotatable bonds is 10. The van der Waals surface area contributed by atoms with Gasteiger partial charge in [-0.2, -0.15) is 0 Å². The highest BCUT2D eigenvalue weighted by molar-refractivity contribution is 6.00. The van der Waals surface area contributed by atoms with Gasteiger partial charge in [0.05, 0.1) is 18.6 Å². The molecule has 1 aromatic carbocycles. The molecule has 1 fully saturated rings. The Morgan fingerprint density at radius 1 is 1.25 bits per heavy atom. The van der Waals surface area contributed by atoms with E-state index < -0.39 is 4.92 Å². The maximum atomic E-state index is 12.3. The van der Waals surface area contributed by atoms with Gasteiger partial charge in [-0.3, -0.25) is 19.8 Å². The number of ketones is 1. The Morgan fingerprint density at radius 3 is 2.68 bits per heavy atom. The topological polar surface area (TPSA) is 81.9 Å². The lowest BCUT2D eigenvalue weighted by molar-refractivity contribution is -0.386. The zero-order chi connectivity index (χ0) is 20.5. The van der Waals surface area contributed by atoms with Crippen LogP contribution in [-0.2, 0) is 4.79 Å². The summed E-state index contributed by atoms with van der Waals surface area (Å²) in [7, 11) is 1.46. The number of nitrogens with zero attached hydrogens (tertiary/aromatic N) is 2. The summed E-state index contributed by atoms with van der Waals surface area (Å²) in [5.74, 6) is 0.549. The van der Waals surface area contributed by atoms with Crippen LogP contribution in [0, 0.1) is 10.1 Å². The average Bonchev–Trinajstić information content (AvgIpc) is 2.68. The number of likely N-dealkylation sites (tertiary alicyclic amines) is 1. The van der Waals surface area contributed by atoms with E-state index in [-0.39, 0.29) is 17.2 Å². The molecule has 0 saturated carbocycles. The number of hydrogen-bond acceptors (Lipinski definition) is 6. The van der Waals surface area contributed by atoms with Crippen molar-refractivity contribution in [3.8, 4) is 11.5 Å². The van der Waals surface area contributed by atoms with Crippen molar-refractivity contribution in [2.45, 2.75) is 46.0 Å². The Labute approximate surface area is 166 Å². The third-order valence-corrected chi connectivity index (χ3v) is 4.76. The molecule has 7 heteroatoms. The number of carbonyl (C=O) groups excluding carboxylic acids is 1. The van der Waals surface area contributed by atoms with Crippen LogP contribution >= 0.6 is 0 Å². The van der Waals surface area contributed by atoms with Crippen molar-refractivity contribution >= 4 is 17.5 Å². The van der Waals surface area contributed by atoms with Crippen LogP contribution in [0.4, 0.5) is 5.69 Å². The van der Waals surface area contributed by atoms with Crippen LogP contribution in [0.25, 0.3) is 6.08 Å². The third-order valence-electron chi connectivity index (χ3n) is 4.76. The van der Waals surface area contributed by atoms with E-state index >= 15 is 0 Å². The molecule has 0 radical (unpaired) electrons. The van der Waals surface area contributed by atoms with Crippen LogP contribution in [0.2, 0.25) is 0 Å². The number of unbranched alkanes of at least 4 members (excludes halogenated alkanes) is 2. The van der Waals surface area contributed by atoms with E-state index in [9.17, 15) is 14.9 Å². The van der Waals surface area contributed by atoms with Gasteiger partial charge in [0.15, 0.2) is 11.5 Å². The van der Waals surface area contributed by atoms with Gasteiger partial charge in [-0.25, -0.2) is 0 Å². The van der Waals surface area contributed by atoms with Gasteiger partial charge >= 0.3 is 5.69 Å². The summed E-state index contributed by atoms with van der Waals surface area (Å²) in [6.07, 6.45) is 6.09. The Kier molecular flexibility index (Phi) is 8.44. The predicted molar refractivity (Wildman–Crippen MR) is 109 cm³/mol. The van der Waals surface area contributed by atoms with Crippen molar-refractivity contribution in [1.82, 2.24) is 4.90 Å². The molecule has 0 bridgehead atoms. The van der Waals surface area contributed by atoms with Gasteiger partial charge in [-0.05, 0) is 37.1 Å². The molecule has 1 aliphatic heterocycles. The van der Waals surface area contributed by atoms with E-state index in [1.54, 1.807) is 12.1 Å². The van der Waals surface area contributed by atoms with Crippen LogP contribution in [0.15, 0.2) is 17.7 Å². The number of ether oxygens (including phenoxy) is 2. The van der Waals surface area contributed by atoms with Gasteiger partial charge in [0.25, 0.3) is 0 Å². The van der Waals surface area contributed by atoms with Crippen LogP contribution in [0.5, 0.6) is 11.5 Å². The number of methoxy groups -OCH3 is 1. The van der Waals surface area contributed by atoms with Gasteiger partial charge in [-0.1, -0.05) is 26.7 Å². The molecule has 0 aromatic heterocycles. The van der Waals surface area contributed by atoms with Crippen molar-refractivity contribution in [2.75, 3.05) is 33.4 Å². The average molecular weight is 390 g/mol. The Morgan fingerprint density at radius 2 is 2.04 bits per heavy atom. The summed E-state index contributed by atoms with van der Waals surface area (Å²) in [6, 6.07) is 3.15. The van der Waals surface area contributed by atoms with Gasteiger partial charge in [0, 0.05) is 31.1 Å². The zero-order valence-corrected chi connectivity index (χ0v) is 17.0. The molecule has 1 aromatic rings. The van der Waals surface area contributed by atoms with E-state index in [0.29, 0.717) is 36.5 Å². The molecular weight excluding hydrogens is 360 g/mol. The number of piperidine rings is 1. The first-order valence-electron chi connectivity index (χ1n) is 9.95. The summed E-state index contributed by atoms with van der Waals surface area (Å²) >= 11 is 0. The second-order valence-electron chi connectivity index (χ2n) is 7.00. The molecule has 0 amide bonds. The molecule has 28 heavy (non-hydrogen) atoms. The second kappa shape index (κ2) is 10.8. The van der Waals surface area contributed by atoms with Crippen LogP contribution in [0.3, 0.4) is 0 Å². The first-order valence-corrected chi connectivity index (χ1v) is 9.95. The van der Waals surface area contributed by atoms with E-state index in [2.05, 4.69) is 18.7 Å². The van der Waals surface area contributed by atoms with Crippen molar-refractivity contribution in [3.05, 3.63) is 33.4 Å². The minimum absolute atomic E-state index is 0.0915. The predicted octanol–water partition coefficient (Wildman–Crippen LogP) is 4.24. The highest BCUT2D eigenvalue weighted by atomic mass is 16.6. The van der Waals surface area contributed by atoms with E-state index in [1.165, 1.54) is 13.2 Å². The number of Topliss-reactive ketones (excluding diaryl/α,β-unsaturated/α-hetero) is 1. The van der Waals surface area contributed by atoms with Crippen molar-refractivity contribution in [3.63, 3.8) is 0 Å². The van der Waals surface area contributed by atoms with E-state index in [1.807, 2.05) is 0 Å². The minimum Gasteiger partial charge on any atom is -0.493 e. The second-order valence-corrected chi connectivity index (χ2v) is 7.00. The van der Waals surface area contributed by atoms with E-state index in [4.69, 9.17) is 9.47 Å². The maximum absolute atomic E-state index is 12.3. The van der Waals surface area contributed by atoms with Crippen molar-refractivity contribution in [2.24, 2.45) is 0 Å². The minimum atomic E-state index is -0.467. The molecule has 0 spiro atoms. The van der Waals surface area contributed by atoms with Gasteiger partial charge in [0.2, 0.25) is 5.75 Å². The quantitative estimate of drug-likeness (QED) is 0.257. The Bertz CT molecular complexity index is 730. The molecule has 0 unspecified atom stereocenters. The highest BCUT2D eigenvalue weighted by Crippen LogP contribution is 2.39. The standard InChI is InChI=1S/C21H30N2O5/c1-4-6-7-11-28-21-18(23(25)26)13-16(14-20(21)27-3)12-17-15-22(9-5-2)10-8-19(17)24/h12-14H,4-11,15H2,1-3H3/b17-12+. The molecular formula is C21H30N2O5.